The first kappa shape index (κ1) is 23.5. The highest BCUT2D eigenvalue weighted by Gasteiger charge is 2.44. The minimum absolute atomic E-state index is 0.0449. The molecule has 0 fully saturated rings. The summed E-state index contributed by atoms with van der Waals surface area (Å²) in [6.45, 7) is 0.312. The molecule has 1 aliphatic heterocycles. The lowest BCUT2D eigenvalue weighted by Crippen LogP contribution is -2.56. The van der Waals surface area contributed by atoms with E-state index in [-0.39, 0.29) is 30.4 Å². The van der Waals surface area contributed by atoms with E-state index in [0.29, 0.717) is 22.8 Å². The zero-order valence-corrected chi connectivity index (χ0v) is 17.9. The van der Waals surface area contributed by atoms with Crippen molar-refractivity contribution in [3.63, 3.8) is 0 Å². The lowest BCUT2D eigenvalue weighted by molar-refractivity contribution is -0.319. The molecule has 3 aromatic rings. The molecule has 0 spiro atoms. The Labute approximate surface area is 195 Å². The quantitative estimate of drug-likeness (QED) is 0.368. The number of hydrogen-bond acceptors (Lipinski definition) is 8. The summed E-state index contributed by atoms with van der Waals surface area (Å²) in [4.78, 5) is 29.8. The first-order valence-corrected chi connectivity index (χ1v) is 9.92. The molecule has 0 aliphatic carbocycles. The molecule has 0 saturated carbocycles. The van der Waals surface area contributed by atoms with Crippen molar-refractivity contribution in [2.75, 3.05) is 4.90 Å². The van der Waals surface area contributed by atoms with Crippen LogP contribution in [0.4, 0.5) is 10.2 Å². The van der Waals surface area contributed by atoms with Gasteiger partial charge in [-0.2, -0.15) is 5.10 Å². The summed E-state index contributed by atoms with van der Waals surface area (Å²) in [7, 11) is 11.1. The number of halogens is 1. The Morgan fingerprint density at radius 3 is 2.50 bits per heavy atom. The predicted molar refractivity (Wildman–Crippen MR) is 118 cm³/mol. The van der Waals surface area contributed by atoms with Crippen molar-refractivity contribution >= 4 is 27.4 Å². The summed E-state index contributed by atoms with van der Waals surface area (Å²) in [5.74, 6) is -3.02. The third kappa shape index (κ3) is 4.66. The van der Waals surface area contributed by atoms with Gasteiger partial charge in [-0.25, -0.2) is 4.68 Å². The minimum Gasteiger partial charge on any atom is -0.487 e. The van der Waals surface area contributed by atoms with Crippen molar-refractivity contribution < 1.29 is 28.9 Å². The molecule has 0 unspecified atom stereocenters. The summed E-state index contributed by atoms with van der Waals surface area (Å²) < 4.78 is 24.9. The molecule has 0 bridgehead atoms. The number of nitrogens with zero attached hydrogens (tertiary/aromatic N) is 4. The van der Waals surface area contributed by atoms with Gasteiger partial charge in [0.15, 0.2) is 5.82 Å². The summed E-state index contributed by atoms with van der Waals surface area (Å²) in [6.07, 6.45) is 1.12. The number of pyridine rings is 1. The monoisotopic (exact) mass is 462 g/mol. The van der Waals surface area contributed by atoms with Gasteiger partial charge in [-0.3, -0.25) is 23.9 Å². The number of amides is 1. The summed E-state index contributed by atoms with van der Waals surface area (Å²) in [5.41, 5.74) is -2.00. The Morgan fingerprint density at radius 2 is 1.85 bits per heavy atom. The molecule has 1 aromatic carbocycles. The molecule has 3 heterocycles. The van der Waals surface area contributed by atoms with Crippen molar-refractivity contribution in [3.05, 3.63) is 75.8 Å². The van der Waals surface area contributed by atoms with Gasteiger partial charge in [0.1, 0.15) is 39.3 Å². The maximum Gasteiger partial charge on any atom is 0.339 e. The van der Waals surface area contributed by atoms with Crippen LogP contribution in [0.25, 0.3) is 0 Å². The number of anilines is 1. The zero-order chi connectivity index (χ0) is 24.7. The second-order valence-electron chi connectivity index (χ2n) is 7.62. The highest BCUT2D eigenvalue weighted by Crippen LogP contribution is 2.30. The summed E-state index contributed by atoms with van der Waals surface area (Å²) in [5, 5.41) is 23.0. The van der Waals surface area contributed by atoms with Crippen LogP contribution in [-0.2, 0) is 20.2 Å². The van der Waals surface area contributed by atoms with E-state index >= 15 is 0 Å². The highest BCUT2D eigenvalue weighted by atomic mass is 19.1. The van der Waals surface area contributed by atoms with Gasteiger partial charge in [0, 0.05) is 18.7 Å². The molecular weight excluding hydrogens is 445 g/mol. The van der Waals surface area contributed by atoms with E-state index in [1.54, 1.807) is 18.2 Å². The molecule has 13 heteroatoms. The molecule has 4 rings (SSSR count). The summed E-state index contributed by atoms with van der Waals surface area (Å²) >= 11 is 0. The molecule has 2 aromatic heterocycles. The van der Waals surface area contributed by atoms with E-state index in [1.165, 1.54) is 36.2 Å². The van der Waals surface area contributed by atoms with E-state index in [9.17, 15) is 24.2 Å². The number of carbonyl (C=O) groups excluding carboxylic acids is 1. The van der Waals surface area contributed by atoms with Crippen molar-refractivity contribution in [1.82, 2.24) is 14.8 Å². The first-order valence-electron chi connectivity index (χ1n) is 9.92. The number of fused-ring (bicyclic) bond motifs is 1. The van der Waals surface area contributed by atoms with Crippen LogP contribution in [0.5, 0.6) is 11.5 Å². The molecule has 1 aliphatic rings. The van der Waals surface area contributed by atoms with Crippen LogP contribution in [0.15, 0.2) is 53.5 Å². The zero-order valence-electron chi connectivity index (χ0n) is 17.9. The van der Waals surface area contributed by atoms with Crippen LogP contribution < -0.4 is 19.9 Å². The van der Waals surface area contributed by atoms with Crippen molar-refractivity contribution in [2.24, 2.45) is 7.05 Å². The van der Waals surface area contributed by atoms with Crippen LogP contribution in [0.3, 0.4) is 0 Å². The summed E-state index contributed by atoms with van der Waals surface area (Å²) in [6, 6.07) is 10.6. The molecule has 1 amide bonds. The number of aryl methyl sites for hydroxylation is 1. The van der Waals surface area contributed by atoms with Gasteiger partial charge in [-0.05, 0) is 42.0 Å². The van der Waals surface area contributed by atoms with E-state index in [0.717, 1.165) is 16.4 Å². The predicted octanol–water partition coefficient (Wildman–Crippen LogP) is -0.108. The first-order chi connectivity index (χ1) is 15.9. The van der Waals surface area contributed by atoms with E-state index in [1.807, 2.05) is 0 Å². The lowest BCUT2D eigenvalue weighted by Gasteiger charge is -2.32. The number of rotatable bonds is 7. The lowest BCUT2D eigenvalue weighted by atomic mass is 9.65. The van der Waals surface area contributed by atoms with Crippen LogP contribution in [0, 0.1) is 0 Å². The normalized spacial score (nSPS) is 13.6. The van der Waals surface area contributed by atoms with Gasteiger partial charge in [0.05, 0.1) is 18.4 Å². The standard InChI is InChI=1S/C21H17B2FN4O6/c1-27-18(29)7-6-17(26-27)28-10-12-8-14(4-5-16(12)19(28)30)33-11-13-2-3-15(9-25-13)34-21(31,32)20(22,23)24/h2-9,31-32H,10-11H2,1H3. The number of alkyl halides is 1. The second kappa shape index (κ2) is 8.58. The fraction of sp³-hybridized carbons (Fsp3) is 0.238. The van der Waals surface area contributed by atoms with Crippen LogP contribution in [0.1, 0.15) is 21.6 Å². The molecule has 2 N–H and O–H groups in total. The second-order valence-corrected chi connectivity index (χ2v) is 7.62. The molecule has 170 valence electrons. The van der Waals surface area contributed by atoms with Gasteiger partial charge >= 0.3 is 5.97 Å². The van der Waals surface area contributed by atoms with E-state index < -0.39 is 11.4 Å². The van der Waals surface area contributed by atoms with Gasteiger partial charge in [0.25, 0.3) is 11.5 Å². The molecule has 0 saturated heterocycles. The Hall–Kier alpha value is -3.70. The Balaban J connectivity index is 1.41. The smallest absolute Gasteiger partial charge is 0.339 e. The third-order valence-corrected chi connectivity index (χ3v) is 5.05. The van der Waals surface area contributed by atoms with Gasteiger partial charge in [-0.1, -0.05) is 0 Å². The fourth-order valence-electron chi connectivity index (χ4n) is 3.16. The maximum absolute atomic E-state index is 13.4. The van der Waals surface area contributed by atoms with Gasteiger partial charge in [-0.15, -0.1) is 0 Å². The SMILES string of the molecule is [B]C([B])(F)C(O)(O)Oc1ccc(COc2ccc3c(c2)CN(c2ccc(=O)n(C)n2)C3=O)nc1. The molecule has 4 radical (unpaired) electrons. The highest BCUT2D eigenvalue weighted by molar-refractivity contribution is 6.39. The number of ether oxygens (including phenoxy) is 2. The average Bonchev–Trinajstić information content (AvgIpc) is 3.10. The fourth-order valence-corrected chi connectivity index (χ4v) is 3.16. The van der Waals surface area contributed by atoms with Crippen LogP contribution in [-0.4, -0.2) is 58.0 Å². The van der Waals surface area contributed by atoms with Crippen LogP contribution in [0.2, 0.25) is 0 Å². The van der Waals surface area contributed by atoms with Crippen molar-refractivity contribution in [2.45, 2.75) is 24.6 Å². The number of benzene rings is 1. The largest absolute Gasteiger partial charge is 0.487 e. The van der Waals surface area contributed by atoms with Crippen molar-refractivity contribution in [3.8, 4) is 11.5 Å². The maximum atomic E-state index is 13.4. The number of carbonyl (C=O) groups is 1. The topological polar surface area (TPSA) is 127 Å². The Bertz CT molecular complexity index is 1290. The molecule has 34 heavy (non-hydrogen) atoms. The van der Waals surface area contributed by atoms with Gasteiger partial charge < -0.3 is 19.7 Å². The van der Waals surface area contributed by atoms with Crippen LogP contribution >= 0.6 is 0 Å². The molecule has 0 atom stereocenters. The number of aliphatic hydroxyl groups is 2. The third-order valence-electron chi connectivity index (χ3n) is 5.05. The number of aromatic nitrogens is 3. The Kier molecular flexibility index (Phi) is 5.92. The van der Waals surface area contributed by atoms with E-state index in [4.69, 9.17) is 20.4 Å². The molecular formula is C21H17B2FN4O6. The van der Waals surface area contributed by atoms with Gasteiger partial charge in [0.2, 0.25) is 0 Å². The molecule has 10 nitrogen and oxygen atoms in total. The minimum atomic E-state index is -3.45. The van der Waals surface area contributed by atoms with Crippen molar-refractivity contribution in [1.29, 1.82) is 0 Å². The average molecular weight is 462 g/mol. The Morgan fingerprint density at radius 1 is 1.12 bits per heavy atom. The number of hydrogen-bond donors (Lipinski definition) is 2. The van der Waals surface area contributed by atoms with E-state index in [2.05, 4.69) is 14.8 Å².